The van der Waals surface area contributed by atoms with Gasteiger partial charge in [-0.3, -0.25) is 9.59 Å². The third kappa shape index (κ3) is 4.50. The van der Waals surface area contributed by atoms with Gasteiger partial charge in [-0.2, -0.15) is 0 Å². The normalized spacial score (nSPS) is 16.4. The number of hydrogen-bond acceptors (Lipinski definition) is 4. The quantitative estimate of drug-likeness (QED) is 0.758. The monoisotopic (exact) mass is 397 g/mol. The van der Waals surface area contributed by atoms with Crippen molar-refractivity contribution in [3.05, 3.63) is 52.8 Å². The lowest BCUT2D eigenvalue weighted by Crippen LogP contribution is -2.44. The van der Waals surface area contributed by atoms with Crippen molar-refractivity contribution in [2.45, 2.75) is 33.6 Å². The fourth-order valence-electron chi connectivity index (χ4n) is 3.78. The Morgan fingerprint density at radius 3 is 2.62 bits per heavy atom. The number of nitrogens with one attached hydrogen (secondary N) is 2. The van der Waals surface area contributed by atoms with Crippen molar-refractivity contribution in [2.24, 2.45) is 5.92 Å². The molecule has 3 rings (SSSR count). The SMILES string of the molecule is CCOC(=O)c1[nH]c(C)c(C(=O)N2CCCC(C(=O)Nc3ccccc3)C2)c1C. The van der Waals surface area contributed by atoms with Crippen LogP contribution in [0.4, 0.5) is 5.69 Å². The molecule has 1 fully saturated rings. The zero-order valence-electron chi connectivity index (χ0n) is 17.1. The van der Waals surface area contributed by atoms with E-state index in [-0.39, 0.29) is 24.3 Å². The molecule has 0 radical (unpaired) electrons. The summed E-state index contributed by atoms with van der Waals surface area (Å²) in [7, 11) is 0. The molecule has 0 saturated carbocycles. The molecule has 1 aromatic carbocycles. The summed E-state index contributed by atoms with van der Waals surface area (Å²) in [4.78, 5) is 42.6. The van der Waals surface area contributed by atoms with Crippen molar-refractivity contribution in [3.63, 3.8) is 0 Å². The van der Waals surface area contributed by atoms with E-state index in [1.807, 2.05) is 30.3 Å². The third-order valence-corrected chi connectivity index (χ3v) is 5.25. The number of ether oxygens (including phenoxy) is 1. The van der Waals surface area contributed by atoms with Crippen LogP contribution in [-0.4, -0.2) is 47.4 Å². The Kier molecular flexibility index (Phi) is 6.36. The summed E-state index contributed by atoms with van der Waals surface area (Å²) < 4.78 is 5.06. The first-order valence-electron chi connectivity index (χ1n) is 9.93. The van der Waals surface area contributed by atoms with Crippen molar-refractivity contribution in [3.8, 4) is 0 Å². The number of nitrogens with zero attached hydrogens (tertiary/aromatic N) is 1. The zero-order chi connectivity index (χ0) is 21.0. The van der Waals surface area contributed by atoms with Crippen molar-refractivity contribution in [1.82, 2.24) is 9.88 Å². The number of hydrogen-bond donors (Lipinski definition) is 2. The van der Waals surface area contributed by atoms with Gasteiger partial charge in [0.05, 0.1) is 18.1 Å². The van der Waals surface area contributed by atoms with Gasteiger partial charge >= 0.3 is 5.97 Å². The lowest BCUT2D eigenvalue weighted by Gasteiger charge is -2.32. The van der Waals surface area contributed by atoms with Crippen LogP contribution in [0.3, 0.4) is 0 Å². The van der Waals surface area contributed by atoms with E-state index in [4.69, 9.17) is 4.74 Å². The molecule has 29 heavy (non-hydrogen) atoms. The maximum absolute atomic E-state index is 13.2. The first-order chi connectivity index (χ1) is 13.9. The molecule has 1 unspecified atom stereocenters. The number of rotatable bonds is 5. The topological polar surface area (TPSA) is 91.5 Å². The van der Waals surface area contributed by atoms with Crippen LogP contribution in [-0.2, 0) is 9.53 Å². The predicted octanol–water partition coefficient (Wildman–Crippen LogP) is 3.30. The number of H-pyrrole nitrogens is 1. The Bertz CT molecular complexity index is 904. The van der Waals surface area contributed by atoms with Gasteiger partial charge in [-0.1, -0.05) is 18.2 Å². The molecule has 2 heterocycles. The van der Waals surface area contributed by atoms with Crippen molar-refractivity contribution in [2.75, 3.05) is 25.0 Å². The number of anilines is 1. The van der Waals surface area contributed by atoms with Gasteiger partial charge in [-0.25, -0.2) is 4.79 Å². The van der Waals surface area contributed by atoms with Gasteiger partial charge < -0.3 is 19.9 Å². The van der Waals surface area contributed by atoms with Gasteiger partial charge in [-0.15, -0.1) is 0 Å². The Morgan fingerprint density at radius 1 is 1.21 bits per heavy atom. The van der Waals surface area contributed by atoms with Gasteiger partial charge in [0.15, 0.2) is 0 Å². The number of carbonyl (C=O) groups excluding carboxylic acids is 3. The van der Waals surface area contributed by atoms with Crippen LogP contribution in [0.5, 0.6) is 0 Å². The molecule has 1 aromatic heterocycles. The molecule has 1 atom stereocenters. The Balaban J connectivity index is 1.73. The number of aromatic nitrogens is 1. The summed E-state index contributed by atoms with van der Waals surface area (Å²) in [5, 5.41) is 2.92. The maximum Gasteiger partial charge on any atom is 0.355 e. The lowest BCUT2D eigenvalue weighted by atomic mass is 9.96. The molecule has 0 aliphatic carbocycles. The first kappa shape index (κ1) is 20.6. The fourth-order valence-corrected chi connectivity index (χ4v) is 3.78. The summed E-state index contributed by atoms with van der Waals surface area (Å²) >= 11 is 0. The highest BCUT2D eigenvalue weighted by Crippen LogP contribution is 2.25. The third-order valence-electron chi connectivity index (χ3n) is 5.25. The minimum Gasteiger partial charge on any atom is -0.461 e. The smallest absolute Gasteiger partial charge is 0.355 e. The van der Waals surface area contributed by atoms with E-state index in [0.717, 1.165) is 18.5 Å². The van der Waals surface area contributed by atoms with Gasteiger partial charge in [0.2, 0.25) is 5.91 Å². The van der Waals surface area contributed by atoms with E-state index in [2.05, 4.69) is 10.3 Å². The van der Waals surface area contributed by atoms with Crippen LogP contribution in [0.2, 0.25) is 0 Å². The number of amides is 2. The molecule has 1 saturated heterocycles. The van der Waals surface area contributed by atoms with Crippen LogP contribution in [0.15, 0.2) is 30.3 Å². The average Bonchev–Trinajstić information content (AvgIpc) is 3.02. The Morgan fingerprint density at radius 2 is 1.93 bits per heavy atom. The van der Waals surface area contributed by atoms with E-state index >= 15 is 0 Å². The first-order valence-corrected chi connectivity index (χ1v) is 9.93. The molecular formula is C22H27N3O4. The van der Waals surface area contributed by atoms with Crippen molar-refractivity contribution < 1.29 is 19.1 Å². The second-order valence-corrected chi connectivity index (χ2v) is 7.29. The summed E-state index contributed by atoms with van der Waals surface area (Å²) in [6.45, 7) is 6.47. The minimum atomic E-state index is -0.467. The van der Waals surface area contributed by atoms with E-state index in [9.17, 15) is 14.4 Å². The highest BCUT2D eigenvalue weighted by atomic mass is 16.5. The van der Waals surface area contributed by atoms with E-state index in [1.54, 1.807) is 25.7 Å². The molecule has 0 bridgehead atoms. The molecule has 7 heteroatoms. The molecule has 2 N–H and O–H groups in total. The van der Waals surface area contributed by atoms with E-state index < -0.39 is 5.97 Å². The minimum absolute atomic E-state index is 0.0802. The second kappa shape index (κ2) is 8.94. The van der Waals surface area contributed by atoms with Crippen LogP contribution in [0, 0.1) is 19.8 Å². The van der Waals surface area contributed by atoms with Gasteiger partial charge in [0.1, 0.15) is 5.69 Å². The molecule has 2 aromatic rings. The average molecular weight is 397 g/mol. The Labute approximate surface area is 170 Å². The highest BCUT2D eigenvalue weighted by molar-refractivity contribution is 6.01. The number of aromatic amines is 1. The fraction of sp³-hybridized carbons (Fsp3) is 0.409. The number of piperidine rings is 1. The summed E-state index contributed by atoms with van der Waals surface area (Å²) in [6, 6.07) is 9.30. The van der Waals surface area contributed by atoms with Crippen LogP contribution in [0.25, 0.3) is 0 Å². The van der Waals surface area contributed by atoms with E-state index in [0.29, 0.717) is 35.6 Å². The van der Waals surface area contributed by atoms with Crippen molar-refractivity contribution >= 4 is 23.5 Å². The highest BCUT2D eigenvalue weighted by Gasteiger charge is 2.32. The largest absolute Gasteiger partial charge is 0.461 e. The zero-order valence-corrected chi connectivity index (χ0v) is 17.1. The molecule has 1 aliphatic rings. The van der Waals surface area contributed by atoms with Crippen LogP contribution >= 0.6 is 0 Å². The molecule has 2 amide bonds. The van der Waals surface area contributed by atoms with Crippen LogP contribution < -0.4 is 5.32 Å². The van der Waals surface area contributed by atoms with Crippen molar-refractivity contribution in [1.29, 1.82) is 0 Å². The standard InChI is InChI=1S/C22H27N3O4/c1-4-29-22(28)19-14(2)18(15(3)23-19)21(27)25-12-8-9-16(13-25)20(26)24-17-10-6-5-7-11-17/h5-7,10-11,16,23H,4,8-9,12-13H2,1-3H3,(H,24,26). The lowest BCUT2D eigenvalue weighted by molar-refractivity contribution is -0.121. The van der Waals surface area contributed by atoms with Gasteiger partial charge in [0, 0.05) is 24.5 Å². The number of benzene rings is 1. The van der Waals surface area contributed by atoms with Gasteiger partial charge in [-0.05, 0) is 51.3 Å². The maximum atomic E-state index is 13.2. The molecule has 1 aliphatic heterocycles. The van der Waals surface area contributed by atoms with Crippen LogP contribution in [0.1, 0.15) is 51.9 Å². The summed E-state index contributed by atoms with van der Waals surface area (Å²) in [5.41, 5.74) is 2.76. The second-order valence-electron chi connectivity index (χ2n) is 7.29. The Hall–Kier alpha value is -3.09. The summed E-state index contributed by atoms with van der Waals surface area (Å²) in [6.07, 6.45) is 1.49. The number of carbonyl (C=O) groups is 3. The number of esters is 1. The molecule has 154 valence electrons. The predicted molar refractivity (Wildman–Crippen MR) is 110 cm³/mol. The van der Waals surface area contributed by atoms with E-state index in [1.165, 1.54) is 0 Å². The van der Waals surface area contributed by atoms with Gasteiger partial charge in [0.25, 0.3) is 5.91 Å². The number of aryl methyl sites for hydroxylation is 1. The number of para-hydroxylation sites is 1. The number of likely N-dealkylation sites (tertiary alicyclic amines) is 1. The molecule has 0 spiro atoms. The summed E-state index contributed by atoms with van der Waals surface area (Å²) in [5.74, 6) is -0.977. The molecule has 7 nitrogen and oxygen atoms in total. The molecular weight excluding hydrogens is 370 g/mol.